The van der Waals surface area contributed by atoms with E-state index >= 15 is 0 Å². The van der Waals surface area contributed by atoms with Gasteiger partial charge in [0.15, 0.2) is 0 Å². The number of amides is 1. The van der Waals surface area contributed by atoms with Crippen molar-refractivity contribution in [3.8, 4) is 0 Å². The van der Waals surface area contributed by atoms with Crippen molar-refractivity contribution in [2.24, 2.45) is 5.73 Å². The first-order valence-corrected chi connectivity index (χ1v) is 4.87. The van der Waals surface area contributed by atoms with Crippen LogP contribution in [-0.4, -0.2) is 19.2 Å². The second-order valence-electron chi connectivity index (χ2n) is 2.48. The molecule has 0 aliphatic rings. The first-order valence-electron chi connectivity index (χ1n) is 3.93. The van der Waals surface area contributed by atoms with Crippen molar-refractivity contribution in [1.82, 2.24) is 5.32 Å². The van der Waals surface area contributed by atoms with Crippen LogP contribution in [0.2, 0.25) is 0 Å². The molecule has 1 aromatic heterocycles. The highest BCUT2D eigenvalue weighted by Gasteiger charge is 1.94. The maximum atomic E-state index is 10.2. The molecule has 0 fully saturated rings. The molecular formula is C8H12N2O2S. The lowest BCUT2D eigenvalue weighted by atomic mass is 10.3. The standard InChI is InChI=1S/C8H12N2O2S/c9-8(11)12-3-2-10-5-7-1-4-13-6-7/h1,4,6,10H,2-3,5H2,(H2,9,11). The van der Waals surface area contributed by atoms with Crippen LogP contribution in [0, 0.1) is 0 Å². The molecule has 1 amide bonds. The Kier molecular flexibility index (Phi) is 4.28. The van der Waals surface area contributed by atoms with Gasteiger partial charge in [0.05, 0.1) is 0 Å². The maximum absolute atomic E-state index is 10.2. The Hall–Kier alpha value is -1.07. The average Bonchev–Trinajstić information content (AvgIpc) is 2.55. The first-order chi connectivity index (χ1) is 6.29. The summed E-state index contributed by atoms with van der Waals surface area (Å²) in [7, 11) is 0. The minimum atomic E-state index is -0.725. The summed E-state index contributed by atoms with van der Waals surface area (Å²) in [6.45, 7) is 1.74. The number of primary amides is 1. The Morgan fingerprint density at radius 2 is 2.54 bits per heavy atom. The zero-order valence-electron chi connectivity index (χ0n) is 7.16. The monoisotopic (exact) mass is 200 g/mol. The Labute approximate surface area is 80.7 Å². The van der Waals surface area contributed by atoms with Crippen LogP contribution in [-0.2, 0) is 11.3 Å². The number of carbonyl (C=O) groups is 1. The van der Waals surface area contributed by atoms with E-state index in [-0.39, 0.29) is 0 Å². The summed E-state index contributed by atoms with van der Waals surface area (Å²) >= 11 is 1.66. The van der Waals surface area contributed by atoms with E-state index in [1.54, 1.807) is 11.3 Å². The van der Waals surface area contributed by atoms with E-state index in [4.69, 9.17) is 5.73 Å². The lowest BCUT2D eigenvalue weighted by molar-refractivity contribution is 0.157. The average molecular weight is 200 g/mol. The predicted octanol–water partition coefficient (Wildman–Crippen LogP) is 0.933. The highest BCUT2D eigenvalue weighted by atomic mass is 32.1. The molecule has 3 N–H and O–H groups in total. The van der Waals surface area contributed by atoms with Crippen molar-refractivity contribution in [2.45, 2.75) is 6.54 Å². The third-order valence-corrected chi connectivity index (χ3v) is 2.16. The van der Waals surface area contributed by atoms with Gasteiger partial charge in [-0.3, -0.25) is 0 Å². The van der Waals surface area contributed by atoms with E-state index in [9.17, 15) is 4.79 Å². The van der Waals surface area contributed by atoms with Crippen molar-refractivity contribution < 1.29 is 9.53 Å². The van der Waals surface area contributed by atoms with Gasteiger partial charge < -0.3 is 15.8 Å². The molecular weight excluding hydrogens is 188 g/mol. The molecule has 0 radical (unpaired) electrons. The molecule has 0 spiro atoms. The zero-order chi connectivity index (χ0) is 9.52. The summed E-state index contributed by atoms with van der Waals surface area (Å²) in [5.74, 6) is 0. The molecule has 0 unspecified atom stereocenters. The molecule has 0 atom stereocenters. The Balaban J connectivity index is 1.99. The van der Waals surface area contributed by atoms with Gasteiger partial charge in [-0.1, -0.05) is 0 Å². The van der Waals surface area contributed by atoms with Gasteiger partial charge in [0.1, 0.15) is 6.61 Å². The van der Waals surface area contributed by atoms with Crippen molar-refractivity contribution in [3.63, 3.8) is 0 Å². The molecule has 1 rings (SSSR count). The molecule has 0 bridgehead atoms. The van der Waals surface area contributed by atoms with E-state index in [0.717, 1.165) is 6.54 Å². The molecule has 0 aliphatic heterocycles. The molecule has 0 aliphatic carbocycles. The summed E-state index contributed by atoms with van der Waals surface area (Å²) in [4.78, 5) is 10.2. The SMILES string of the molecule is NC(=O)OCCNCc1ccsc1. The fourth-order valence-corrected chi connectivity index (χ4v) is 1.52. The Morgan fingerprint density at radius 1 is 1.69 bits per heavy atom. The summed E-state index contributed by atoms with van der Waals surface area (Å²) in [6.07, 6.45) is -0.725. The third-order valence-electron chi connectivity index (χ3n) is 1.43. The quantitative estimate of drug-likeness (QED) is 0.695. The van der Waals surface area contributed by atoms with Crippen LogP contribution in [0.4, 0.5) is 4.79 Å². The summed E-state index contributed by atoms with van der Waals surface area (Å²) < 4.78 is 4.54. The molecule has 0 saturated heterocycles. The van der Waals surface area contributed by atoms with Gasteiger partial charge in [-0.2, -0.15) is 11.3 Å². The second kappa shape index (κ2) is 5.55. The Morgan fingerprint density at radius 3 is 3.15 bits per heavy atom. The van der Waals surface area contributed by atoms with Crippen LogP contribution in [0.25, 0.3) is 0 Å². The van der Waals surface area contributed by atoms with Crippen molar-refractivity contribution in [2.75, 3.05) is 13.2 Å². The van der Waals surface area contributed by atoms with E-state index in [0.29, 0.717) is 13.2 Å². The van der Waals surface area contributed by atoms with Gasteiger partial charge in [-0.15, -0.1) is 0 Å². The molecule has 0 aromatic carbocycles. The summed E-state index contributed by atoms with van der Waals surface area (Å²) in [6, 6.07) is 2.05. The molecule has 4 nitrogen and oxygen atoms in total. The minimum absolute atomic E-state index is 0.319. The van der Waals surface area contributed by atoms with Gasteiger partial charge in [-0.25, -0.2) is 4.79 Å². The molecule has 5 heteroatoms. The van der Waals surface area contributed by atoms with Crippen LogP contribution < -0.4 is 11.1 Å². The van der Waals surface area contributed by atoms with Crippen LogP contribution in [0.3, 0.4) is 0 Å². The van der Waals surface area contributed by atoms with Gasteiger partial charge in [0.25, 0.3) is 0 Å². The molecule has 72 valence electrons. The van der Waals surface area contributed by atoms with E-state index in [1.165, 1.54) is 5.56 Å². The Bertz CT molecular complexity index is 249. The number of nitrogens with one attached hydrogen (secondary N) is 1. The normalized spacial score (nSPS) is 9.85. The van der Waals surface area contributed by atoms with Crippen molar-refractivity contribution in [3.05, 3.63) is 22.4 Å². The van der Waals surface area contributed by atoms with E-state index < -0.39 is 6.09 Å². The number of rotatable bonds is 5. The van der Waals surface area contributed by atoms with Gasteiger partial charge in [-0.05, 0) is 22.4 Å². The predicted molar refractivity (Wildman–Crippen MR) is 51.6 cm³/mol. The van der Waals surface area contributed by atoms with Gasteiger partial charge in [0, 0.05) is 13.1 Å². The zero-order valence-corrected chi connectivity index (χ0v) is 7.97. The van der Waals surface area contributed by atoms with Crippen LogP contribution in [0.15, 0.2) is 16.8 Å². The molecule has 1 heterocycles. The number of hydrogen-bond acceptors (Lipinski definition) is 4. The number of carbonyl (C=O) groups excluding carboxylic acids is 1. The van der Waals surface area contributed by atoms with E-state index in [1.807, 2.05) is 11.4 Å². The third kappa shape index (κ3) is 4.49. The lowest BCUT2D eigenvalue weighted by Gasteiger charge is -2.02. The van der Waals surface area contributed by atoms with Crippen molar-refractivity contribution >= 4 is 17.4 Å². The highest BCUT2D eigenvalue weighted by Crippen LogP contribution is 2.04. The summed E-state index contributed by atoms with van der Waals surface area (Å²) in [5, 5.41) is 7.21. The van der Waals surface area contributed by atoms with Crippen LogP contribution in [0.1, 0.15) is 5.56 Å². The number of thiophene rings is 1. The van der Waals surface area contributed by atoms with Gasteiger partial charge >= 0.3 is 6.09 Å². The highest BCUT2D eigenvalue weighted by molar-refractivity contribution is 7.07. The van der Waals surface area contributed by atoms with Crippen molar-refractivity contribution in [1.29, 1.82) is 0 Å². The number of hydrogen-bond donors (Lipinski definition) is 2. The second-order valence-corrected chi connectivity index (χ2v) is 3.26. The van der Waals surface area contributed by atoms with Crippen LogP contribution >= 0.6 is 11.3 Å². The topological polar surface area (TPSA) is 64.4 Å². The maximum Gasteiger partial charge on any atom is 0.404 e. The van der Waals surface area contributed by atoms with Crippen LogP contribution in [0.5, 0.6) is 0 Å². The number of nitrogens with two attached hydrogens (primary N) is 1. The van der Waals surface area contributed by atoms with Gasteiger partial charge in [0.2, 0.25) is 0 Å². The molecule has 0 saturated carbocycles. The fraction of sp³-hybridized carbons (Fsp3) is 0.375. The van der Waals surface area contributed by atoms with E-state index in [2.05, 4.69) is 15.4 Å². The molecule has 1 aromatic rings. The first kappa shape index (κ1) is 10.0. The summed E-state index contributed by atoms with van der Waals surface area (Å²) in [5.41, 5.74) is 6.02. The minimum Gasteiger partial charge on any atom is -0.448 e. The molecule has 13 heavy (non-hydrogen) atoms. The fourth-order valence-electron chi connectivity index (χ4n) is 0.850. The lowest BCUT2D eigenvalue weighted by Crippen LogP contribution is -2.23. The number of ether oxygens (including phenoxy) is 1. The largest absolute Gasteiger partial charge is 0.448 e. The smallest absolute Gasteiger partial charge is 0.404 e.